The Morgan fingerprint density at radius 3 is 2.53 bits per heavy atom. The third-order valence-electron chi connectivity index (χ3n) is 3.13. The fraction of sp³-hybridized carbons (Fsp3) is 0.462. The first-order valence-electron chi connectivity index (χ1n) is 6.05. The highest BCUT2D eigenvalue weighted by Gasteiger charge is 2.16. The van der Waals surface area contributed by atoms with Crippen molar-refractivity contribution in [2.75, 3.05) is 6.54 Å². The van der Waals surface area contributed by atoms with Crippen LogP contribution in [-0.4, -0.2) is 17.4 Å². The summed E-state index contributed by atoms with van der Waals surface area (Å²) in [4.78, 5) is 21.9. The minimum atomic E-state index is -0.547. The molecule has 1 aromatic rings. The van der Waals surface area contributed by atoms with E-state index in [9.17, 15) is 14.9 Å². The second-order valence-corrected chi connectivity index (χ2v) is 5.26. The number of nitro benzene ring substituents is 1. The molecule has 1 unspecified atom stereocenters. The van der Waals surface area contributed by atoms with E-state index in [1.807, 2.05) is 6.92 Å². The number of nitrogens with one attached hydrogen (secondary N) is 1. The van der Waals surface area contributed by atoms with Crippen molar-refractivity contribution in [3.05, 3.63) is 38.9 Å². The molecule has 5 nitrogen and oxygen atoms in total. The molecule has 0 aliphatic carbocycles. The topological polar surface area (TPSA) is 72.2 Å². The Kier molecular flexibility index (Phi) is 5.30. The Balaban J connectivity index is 2.75. The SMILES string of the molecule is CC(C)C(C)CNC(=O)c1ccc([N+](=O)[O-])cc1Cl. The van der Waals surface area contributed by atoms with Gasteiger partial charge in [-0.25, -0.2) is 0 Å². The highest BCUT2D eigenvalue weighted by Crippen LogP contribution is 2.22. The Morgan fingerprint density at radius 2 is 2.05 bits per heavy atom. The number of carbonyl (C=O) groups excluding carboxylic acids is 1. The molecule has 0 saturated heterocycles. The molecule has 0 aliphatic rings. The van der Waals surface area contributed by atoms with Crippen molar-refractivity contribution in [1.82, 2.24) is 5.32 Å². The summed E-state index contributed by atoms with van der Waals surface area (Å²) < 4.78 is 0. The van der Waals surface area contributed by atoms with Gasteiger partial charge in [0.15, 0.2) is 0 Å². The molecule has 0 spiro atoms. The molecule has 104 valence electrons. The molecule has 1 atom stereocenters. The molecule has 0 radical (unpaired) electrons. The standard InChI is InChI=1S/C13H17ClN2O3/c1-8(2)9(3)7-15-13(17)11-5-4-10(16(18)19)6-12(11)14/h4-6,8-9H,7H2,1-3H3,(H,15,17). The van der Waals surface area contributed by atoms with Crippen LogP contribution < -0.4 is 5.32 Å². The zero-order valence-corrected chi connectivity index (χ0v) is 11.9. The summed E-state index contributed by atoms with van der Waals surface area (Å²) in [5, 5.41) is 13.4. The van der Waals surface area contributed by atoms with Crippen LogP contribution >= 0.6 is 11.6 Å². The largest absolute Gasteiger partial charge is 0.352 e. The van der Waals surface area contributed by atoms with Crippen LogP contribution in [0.15, 0.2) is 18.2 Å². The predicted molar refractivity (Wildman–Crippen MR) is 74.4 cm³/mol. The van der Waals surface area contributed by atoms with E-state index in [0.29, 0.717) is 18.4 Å². The van der Waals surface area contributed by atoms with Crippen LogP contribution in [0.25, 0.3) is 0 Å². The van der Waals surface area contributed by atoms with Gasteiger partial charge in [-0.15, -0.1) is 0 Å². The average molecular weight is 285 g/mol. The summed E-state index contributed by atoms with van der Waals surface area (Å²) in [5.41, 5.74) is 0.125. The number of hydrogen-bond acceptors (Lipinski definition) is 3. The van der Waals surface area contributed by atoms with Gasteiger partial charge in [0.05, 0.1) is 15.5 Å². The quantitative estimate of drug-likeness (QED) is 0.666. The number of nitrogens with zero attached hydrogens (tertiary/aromatic N) is 1. The van der Waals surface area contributed by atoms with Crippen molar-refractivity contribution in [1.29, 1.82) is 0 Å². The van der Waals surface area contributed by atoms with E-state index < -0.39 is 4.92 Å². The lowest BCUT2D eigenvalue weighted by Crippen LogP contribution is -2.30. The van der Waals surface area contributed by atoms with Gasteiger partial charge in [-0.05, 0) is 17.9 Å². The molecular formula is C13H17ClN2O3. The molecule has 0 aliphatic heterocycles. The van der Waals surface area contributed by atoms with Crippen LogP contribution in [0.1, 0.15) is 31.1 Å². The molecule has 0 saturated carbocycles. The van der Waals surface area contributed by atoms with Crippen LogP contribution in [0.5, 0.6) is 0 Å². The van der Waals surface area contributed by atoms with E-state index in [1.54, 1.807) is 0 Å². The van der Waals surface area contributed by atoms with Crippen molar-refractivity contribution in [2.45, 2.75) is 20.8 Å². The highest BCUT2D eigenvalue weighted by atomic mass is 35.5. The summed E-state index contributed by atoms with van der Waals surface area (Å²) in [6, 6.07) is 3.82. The minimum absolute atomic E-state index is 0.0869. The lowest BCUT2D eigenvalue weighted by molar-refractivity contribution is -0.384. The fourth-order valence-electron chi connectivity index (χ4n) is 1.39. The maximum absolute atomic E-state index is 11.9. The number of halogens is 1. The summed E-state index contributed by atoms with van der Waals surface area (Å²) >= 11 is 5.88. The van der Waals surface area contributed by atoms with E-state index in [2.05, 4.69) is 19.2 Å². The number of amides is 1. The van der Waals surface area contributed by atoms with Gasteiger partial charge in [0, 0.05) is 18.7 Å². The van der Waals surface area contributed by atoms with Gasteiger partial charge in [0.25, 0.3) is 11.6 Å². The predicted octanol–water partition coefficient (Wildman–Crippen LogP) is 3.27. The normalized spacial score (nSPS) is 12.3. The third kappa shape index (κ3) is 4.21. The summed E-state index contributed by atoms with van der Waals surface area (Å²) in [6.45, 7) is 6.75. The van der Waals surface area contributed by atoms with Crippen LogP contribution in [-0.2, 0) is 0 Å². The van der Waals surface area contributed by atoms with E-state index in [4.69, 9.17) is 11.6 Å². The average Bonchev–Trinajstić information content (AvgIpc) is 2.34. The fourth-order valence-corrected chi connectivity index (χ4v) is 1.65. The molecule has 6 heteroatoms. The zero-order chi connectivity index (χ0) is 14.6. The van der Waals surface area contributed by atoms with E-state index in [0.717, 1.165) is 0 Å². The number of carbonyl (C=O) groups is 1. The first kappa shape index (κ1) is 15.4. The van der Waals surface area contributed by atoms with Crippen molar-refractivity contribution in [3.63, 3.8) is 0 Å². The highest BCUT2D eigenvalue weighted by molar-refractivity contribution is 6.34. The monoisotopic (exact) mass is 284 g/mol. The van der Waals surface area contributed by atoms with Crippen LogP contribution in [0.4, 0.5) is 5.69 Å². The maximum atomic E-state index is 11.9. The Bertz CT molecular complexity index is 489. The number of rotatable bonds is 5. The number of benzene rings is 1. The van der Waals surface area contributed by atoms with Crippen molar-refractivity contribution < 1.29 is 9.72 Å². The number of non-ortho nitro benzene ring substituents is 1. The maximum Gasteiger partial charge on any atom is 0.270 e. The Hall–Kier alpha value is -1.62. The van der Waals surface area contributed by atoms with Gasteiger partial charge in [-0.1, -0.05) is 32.4 Å². The van der Waals surface area contributed by atoms with Gasteiger partial charge in [-0.2, -0.15) is 0 Å². The summed E-state index contributed by atoms with van der Waals surface area (Å²) in [6.07, 6.45) is 0. The van der Waals surface area contributed by atoms with Gasteiger partial charge in [-0.3, -0.25) is 14.9 Å². The van der Waals surface area contributed by atoms with Crippen molar-refractivity contribution >= 4 is 23.2 Å². The van der Waals surface area contributed by atoms with E-state index >= 15 is 0 Å². The van der Waals surface area contributed by atoms with Crippen molar-refractivity contribution in [2.24, 2.45) is 11.8 Å². The molecular weight excluding hydrogens is 268 g/mol. The molecule has 19 heavy (non-hydrogen) atoms. The zero-order valence-electron chi connectivity index (χ0n) is 11.1. The van der Waals surface area contributed by atoms with Crippen molar-refractivity contribution in [3.8, 4) is 0 Å². The van der Waals surface area contributed by atoms with Crippen LogP contribution in [0, 0.1) is 22.0 Å². The number of hydrogen-bond donors (Lipinski definition) is 1. The second kappa shape index (κ2) is 6.52. The molecule has 1 rings (SSSR count). The molecule has 0 aromatic heterocycles. The minimum Gasteiger partial charge on any atom is -0.352 e. The molecule has 0 heterocycles. The smallest absolute Gasteiger partial charge is 0.270 e. The first-order valence-corrected chi connectivity index (χ1v) is 6.43. The molecule has 1 aromatic carbocycles. The summed E-state index contributed by atoms with van der Waals surface area (Å²) in [7, 11) is 0. The van der Waals surface area contributed by atoms with Crippen LogP contribution in [0.3, 0.4) is 0 Å². The van der Waals surface area contributed by atoms with Gasteiger partial charge >= 0.3 is 0 Å². The lowest BCUT2D eigenvalue weighted by atomic mass is 9.98. The molecule has 1 amide bonds. The molecule has 0 bridgehead atoms. The molecule has 0 fully saturated rings. The van der Waals surface area contributed by atoms with E-state index in [1.165, 1.54) is 18.2 Å². The second-order valence-electron chi connectivity index (χ2n) is 4.85. The van der Waals surface area contributed by atoms with E-state index in [-0.39, 0.29) is 22.2 Å². The van der Waals surface area contributed by atoms with Gasteiger partial charge in [0.1, 0.15) is 0 Å². The summed E-state index contributed by atoms with van der Waals surface area (Å²) in [5.74, 6) is 0.501. The lowest BCUT2D eigenvalue weighted by Gasteiger charge is -2.16. The molecule has 1 N–H and O–H groups in total. The Morgan fingerprint density at radius 1 is 1.42 bits per heavy atom. The third-order valence-corrected chi connectivity index (χ3v) is 3.44. The van der Waals surface area contributed by atoms with Crippen LogP contribution in [0.2, 0.25) is 5.02 Å². The number of nitro groups is 1. The first-order chi connectivity index (χ1) is 8.82. The van der Waals surface area contributed by atoms with Gasteiger partial charge in [0.2, 0.25) is 0 Å². The Labute approximate surface area is 117 Å². The van der Waals surface area contributed by atoms with Gasteiger partial charge < -0.3 is 5.32 Å².